The van der Waals surface area contributed by atoms with Crippen molar-refractivity contribution in [1.29, 1.82) is 5.26 Å². The molecule has 0 fully saturated rings. The fourth-order valence-corrected chi connectivity index (χ4v) is 6.58. The molecule has 0 bridgehead atoms. The zero-order valence-electron chi connectivity index (χ0n) is 21.9. The van der Waals surface area contributed by atoms with Crippen molar-refractivity contribution in [3.05, 3.63) is 61.8 Å². The number of thiophene rings is 1. The number of nitriles is 1. The zero-order chi connectivity index (χ0) is 28.1. The summed E-state index contributed by atoms with van der Waals surface area (Å²) in [7, 11) is 0. The van der Waals surface area contributed by atoms with Gasteiger partial charge in [-0.1, -0.05) is 31.7 Å². The number of non-ortho nitro benzene ring substituents is 1. The van der Waals surface area contributed by atoms with E-state index >= 15 is 0 Å². The van der Waals surface area contributed by atoms with Crippen LogP contribution >= 0.6 is 23.1 Å². The van der Waals surface area contributed by atoms with Crippen LogP contribution in [0.5, 0.6) is 0 Å². The van der Waals surface area contributed by atoms with Crippen LogP contribution in [-0.2, 0) is 24.2 Å². The minimum atomic E-state index is -0.544. The molecular formula is C26H29N7O4S2. The van der Waals surface area contributed by atoms with Crippen molar-refractivity contribution >= 4 is 45.6 Å². The first-order valence-corrected chi connectivity index (χ1v) is 14.5. The van der Waals surface area contributed by atoms with Crippen LogP contribution in [0.2, 0.25) is 0 Å². The Bertz CT molecular complexity index is 1440. The number of anilines is 1. The van der Waals surface area contributed by atoms with Gasteiger partial charge in [0.25, 0.3) is 11.6 Å². The number of nitrogens with one attached hydrogen (secondary N) is 2. The summed E-state index contributed by atoms with van der Waals surface area (Å²) in [5.74, 6) is -0.132. The normalized spacial score (nSPS) is 13.4. The van der Waals surface area contributed by atoms with E-state index in [4.69, 9.17) is 0 Å². The summed E-state index contributed by atoms with van der Waals surface area (Å²) in [6.07, 6.45) is 3.96. The molecule has 1 aliphatic rings. The van der Waals surface area contributed by atoms with Crippen molar-refractivity contribution in [2.45, 2.75) is 64.2 Å². The number of hydrogen-bond donors (Lipinski definition) is 2. The number of nitro benzene ring substituents is 1. The molecule has 13 heteroatoms. The van der Waals surface area contributed by atoms with Gasteiger partial charge in [-0.15, -0.1) is 21.5 Å². The molecule has 1 atom stereocenters. The molecule has 2 aromatic heterocycles. The Hall–Kier alpha value is -3.76. The second-order valence-electron chi connectivity index (χ2n) is 9.45. The molecule has 39 heavy (non-hydrogen) atoms. The lowest BCUT2D eigenvalue weighted by Crippen LogP contribution is -2.33. The van der Waals surface area contributed by atoms with Crippen LogP contribution in [0.3, 0.4) is 0 Å². The number of aryl methyl sites for hydroxylation is 1. The highest BCUT2D eigenvalue weighted by Gasteiger charge is 2.27. The summed E-state index contributed by atoms with van der Waals surface area (Å²) >= 11 is 2.72. The highest BCUT2D eigenvalue weighted by molar-refractivity contribution is 7.99. The molecule has 1 aliphatic carbocycles. The fraction of sp³-hybridized carbons (Fsp3) is 0.423. The van der Waals surface area contributed by atoms with Gasteiger partial charge in [-0.25, -0.2) is 0 Å². The van der Waals surface area contributed by atoms with E-state index in [1.165, 1.54) is 52.2 Å². The number of fused-ring (bicyclic) bond motifs is 1. The molecule has 3 aromatic rings. The molecule has 0 saturated carbocycles. The molecule has 0 aliphatic heterocycles. The Morgan fingerprint density at radius 1 is 1.28 bits per heavy atom. The number of amides is 2. The van der Waals surface area contributed by atoms with E-state index in [2.05, 4.69) is 26.9 Å². The molecule has 1 aromatic carbocycles. The van der Waals surface area contributed by atoms with Gasteiger partial charge in [0, 0.05) is 29.1 Å². The third-order valence-corrected chi connectivity index (χ3v) is 8.65. The SMILES string of the molecule is CCn1c(SCC(=O)Nc2sc3c(c2C#N)CCCC3)nnc1[C@@H](NC(=O)c1cccc([N+](=O)[O-])c1)C(C)C. The number of rotatable bonds is 10. The van der Waals surface area contributed by atoms with Crippen molar-refractivity contribution in [1.82, 2.24) is 20.1 Å². The summed E-state index contributed by atoms with van der Waals surface area (Å²) in [5, 5.41) is 36.3. The molecule has 11 nitrogen and oxygen atoms in total. The van der Waals surface area contributed by atoms with Gasteiger partial charge >= 0.3 is 0 Å². The molecule has 0 radical (unpaired) electrons. The highest BCUT2D eigenvalue weighted by atomic mass is 32.2. The summed E-state index contributed by atoms with van der Waals surface area (Å²) in [6.45, 7) is 6.30. The summed E-state index contributed by atoms with van der Waals surface area (Å²) < 4.78 is 1.85. The van der Waals surface area contributed by atoms with Gasteiger partial charge in [-0.3, -0.25) is 19.7 Å². The van der Waals surface area contributed by atoms with Crippen molar-refractivity contribution in [2.75, 3.05) is 11.1 Å². The van der Waals surface area contributed by atoms with Gasteiger partial charge in [0.2, 0.25) is 5.91 Å². The summed E-state index contributed by atoms with van der Waals surface area (Å²) in [6, 6.07) is 7.30. The average molecular weight is 568 g/mol. The lowest BCUT2D eigenvalue weighted by atomic mass is 9.96. The smallest absolute Gasteiger partial charge is 0.270 e. The largest absolute Gasteiger partial charge is 0.342 e. The van der Waals surface area contributed by atoms with Crippen molar-refractivity contribution < 1.29 is 14.5 Å². The molecule has 2 heterocycles. The van der Waals surface area contributed by atoms with Gasteiger partial charge in [-0.2, -0.15) is 5.26 Å². The predicted octanol–water partition coefficient (Wildman–Crippen LogP) is 4.88. The predicted molar refractivity (Wildman–Crippen MR) is 149 cm³/mol. The Balaban J connectivity index is 1.46. The fourth-order valence-electron chi connectivity index (χ4n) is 4.51. The third kappa shape index (κ3) is 6.29. The molecule has 0 saturated heterocycles. The monoisotopic (exact) mass is 567 g/mol. The van der Waals surface area contributed by atoms with Crippen molar-refractivity contribution in [3.8, 4) is 6.07 Å². The topological polar surface area (TPSA) is 156 Å². The Labute approximate surface area is 234 Å². The maximum Gasteiger partial charge on any atom is 0.270 e. The molecule has 4 rings (SSSR count). The summed E-state index contributed by atoms with van der Waals surface area (Å²) in [4.78, 5) is 37.5. The van der Waals surface area contributed by atoms with Crippen LogP contribution in [0.4, 0.5) is 10.7 Å². The van der Waals surface area contributed by atoms with Crippen LogP contribution < -0.4 is 10.6 Å². The molecule has 2 N–H and O–H groups in total. The van der Waals surface area contributed by atoms with E-state index in [0.29, 0.717) is 28.1 Å². The third-order valence-electron chi connectivity index (χ3n) is 6.48. The van der Waals surface area contributed by atoms with Gasteiger partial charge in [0.1, 0.15) is 11.1 Å². The Morgan fingerprint density at radius 3 is 2.74 bits per heavy atom. The maximum atomic E-state index is 13.0. The van der Waals surface area contributed by atoms with E-state index in [1.54, 1.807) is 0 Å². The van der Waals surface area contributed by atoms with E-state index in [9.17, 15) is 25.0 Å². The minimum absolute atomic E-state index is 0.0578. The standard InChI is InChI=1S/C26H29N7O4S2/c1-4-32-23(22(15(2)3)29-24(35)16-8-7-9-17(12-16)33(36)37)30-31-26(32)38-14-21(34)28-25-19(13-27)18-10-5-6-11-20(18)39-25/h7-9,12,15,22H,4-6,10-11,14H2,1-3H3,(H,28,34)(H,29,35)/t22-/m0/s1. The number of hydrogen-bond acceptors (Lipinski definition) is 9. The second kappa shape index (κ2) is 12.4. The van der Waals surface area contributed by atoms with Gasteiger partial charge in [0.15, 0.2) is 11.0 Å². The van der Waals surface area contributed by atoms with Crippen molar-refractivity contribution in [3.63, 3.8) is 0 Å². The van der Waals surface area contributed by atoms with E-state index in [1.807, 2.05) is 25.3 Å². The Kier molecular flexibility index (Phi) is 8.98. The first-order valence-electron chi connectivity index (χ1n) is 12.7. The number of aromatic nitrogens is 3. The minimum Gasteiger partial charge on any atom is -0.342 e. The first-order chi connectivity index (χ1) is 18.7. The van der Waals surface area contributed by atoms with Crippen LogP contribution in [0.1, 0.15) is 71.8 Å². The highest BCUT2D eigenvalue weighted by Crippen LogP contribution is 2.37. The average Bonchev–Trinajstić information content (AvgIpc) is 3.50. The van der Waals surface area contributed by atoms with Gasteiger partial charge < -0.3 is 15.2 Å². The lowest BCUT2D eigenvalue weighted by Gasteiger charge is -2.22. The lowest BCUT2D eigenvalue weighted by molar-refractivity contribution is -0.384. The quantitative estimate of drug-likeness (QED) is 0.200. The van der Waals surface area contributed by atoms with Gasteiger partial charge in [-0.05, 0) is 50.2 Å². The van der Waals surface area contributed by atoms with Crippen LogP contribution in [0, 0.1) is 27.4 Å². The van der Waals surface area contributed by atoms with E-state index in [-0.39, 0.29) is 28.8 Å². The van der Waals surface area contributed by atoms with E-state index in [0.717, 1.165) is 31.2 Å². The Morgan fingerprint density at radius 2 is 2.05 bits per heavy atom. The number of benzene rings is 1. The first kappa shape index (κ1) is 28.3. The number of nitro groups is 1. The number of carbonyl (C=O) groups excluding carboxylic acids is 2. The molecule has 0 unspecified atom stereocenters. The second-order valence-corrected chi connectivity index (χ2v) is 11.5. The number of nitrogens with zero attached hydrogens (tertiary/aromatic N) is 5. The van der Waals surface area contributed by atoms with E-state index < -0.39 is 16.9 Å². The van der Waals surface area contributed by atoms with Crippen molar-refractivity contribution in [2.24, 2.45) is 5.92 Å². The van der Waals surface area contributed by atoms with Gasteiger partial charge in [0.05, 0.1) is 22.3 Å². The number of thioether (sulfide) groups is 1. The van der Waals surface area contributed by atoms with Crippen LogP contribution in [-0.4, -0.2) is 37.3 Å². The molecular weight excluding hydrogens is 538 g/mol. The summed E-state index contributed by atoms with van der Waals surface area (Å²) in [5.41, 5.74) is 1.66. The van der Waals surface area contributed by atoms with Crippen LogP contribution in [0.15, 0.2) is 29.4 Å². The number of carbonyl (C=O) groups is 2. The molecule has 0 spiro atoms. The molecule has 204 valence electrons. The maximum absolute atomic E-state index is 13.0. The molecule has 2 amide bonds. The van der Waals surface area contributed by atoms with Crippen LogP contribution in [0.25, 0.3) is 0 Å². The zero-order valence-corrected chi connectivity index (χ0v) is 23.5.